The van der Waals surface area contributed by atoms with Crippen LogP contribution in [-0.2, 0) is 12.7 Å². The van der Waals surface area contributed by atoms with E-state index in [2.05, 4.69) is 15.3 Å². The van der Waals surface area contributed by atoms with E-state index in [0.29, 0.717) is 17.2 Å². The van der Waals surface area contributed by atoms with E-state index >= 15 is 0 Å². The molecule has 0 aliphatic heterocycles. The second-order valence-electron chi connectivity index (χ2n) is 6.15. The molecule has 0 amide bonds. The number of nitrogens with one attached hydrogen (secondary N) is 1. The molecule has 1 N–H and O–H groups in total. The molecule has 0 spiro atoms. The molecular weight excluding hydrogens is 327 g/mol. The van der Waals surface area contributed by atoms with Gasteiger partial charge in [0.05, 0.1) is 11.1 Å². The molecule has 0 atom stereocenters. The maximum absolute atomic E-state index is 12.8. The molecule has 0 aliphatic rings. The Morgan fingerprint density at radius 3 is 2.48 bits per heavy atom. The van der Waals surface area contributed by atoms with Crippen molar-refractivity contribution >= 4 is 16.7 Å². The molecule has 0 saturated heterocycles. The highest BCUT2D eigenvalue weighted by Gasteiger charge is 2.30. The molecule has 0 unspecified atom stereocenters. The van der Waals surface area contributed by atoms with Gasteiger partial charge in [0.1, 0.15) is 11.6 Å². The van der Waals surface area contributed by atoms with Gasteiger partial charge in [-0.1, -0.05) is 38.1 Å². The zero-order chi connectivity index (χ0) is 18.0. The van der Waals surface area contributed by atoms with Gasteiger partial charge in [0.2, 0.25) is 0 Å². The maximum atomic E-state index is 12.8. The first-order valence-corrected chi connectivity index (χ1v) is 8.01. The van der Waals surface area contributed by atoms with Gasteiger partial charge in [0.25, 0.3) is 0 Å². The number of halogens is 3. The minimum Gasteiger partial charge on any atom is -0.365 e. The molecule has 6 heteroatoms. The number of rotatable bonds is 4. The number of benzene rings is 2. The molecule has 1 heterocycles. The number of para-hydroxylation sites is 1. The molecule has 2 aromatic carbocycles. The van der Waals surface area contributed by atoms with Crippen LogP contribution in [-0.4, -0.2) is 9.97 Å². The van der Waals surface area contributed by atoms with Gasteiger partial charge in [0.15, 0.2) is 0 Å². The molecule has 130 valence electrons. The van der Waals surface area contributed by atoms with Crippen molar-refractivity contribution in [3.05, 3.63) is 65.5 Å². The molecule has 3 rings (SSSR count). The van der Waals surface area contributed by atoms with Crippen LogP contribution in [0.25, 0.3) is 10.9 Å². The Morgan fingerprint density at radius 1 is 1.00 bits per heavy atom. The van der Waals surface area contributed by atoms with Crippen LogP contribution in [0.2, 0.25) is 0 Å². The summed E-state index contributed by atoms with van der Waals surface area (Å²) in [4.78, 5) is 9.08. The summed E-state index contributed by atoms with van der Waals surface area (Å²) in [5.74, 6) is 1.48. The molecule has 0 bridgehead atoms. The minimum atomic E-state index is -4.34. The van der Waals surface area contributed by atoms with E-state index in [0.717, 1.165) is 23.0 Å². The summed E-state index contributed by atoms with van der Waals surface area (Å²) in [6, 6.07) is 12.9. The Bertz CT molecular complexity index is 888. The number of aromatic nitrogens is 2. The van der Waals surface area contributed by atoms with Crippen LogP contribution in [0.3, 0.4) is 0 Å². The van der Waals surface area contributed by atoms with Crippen molar-refractivity contribution in [3.8, 4) is 0 Å². The van der Waals surface area contributed by atoms with E-state index in [1.165, 1.54) is 6.07 Å². The Kier molecular flexibility index (Phi) is 4.61. The summed E-state index contributed by atoms with van der Waals surface area (Å²) in [5.41, 5.74) is 0.707. The zero-order valence-electron chi connectivity index (χ0n) is 13.9. The summed E-state index contributed by atoms with van der Waals surface area (Å²) in [5, 5.41) is 4.01. The highest BCUT2D eigenvalue weighted by molar-refractivity contribution is 5.89. The molecule has 0 saturated carbocycles. The van der Waals surface area contributed by atoms with E-state index in [-0.39, 0.29) is 12.5 Å². The Morgan fingerprint density at radius 2 is 1.76 bits per heavy atom. The average molecular weight is 345 g/mol. The third-order valence-corrected chi connectivity index (χ3v) is 3.85. The number of hydrogen-bond acceptors (Lipinski definition) is 3. The molecule has 0 aliphatic carbocycles. The van der Waals surface area contributed by atoms with E-state index < -0.39 is 11.7 Å². The van der Waals surface area contributed by atoms with E-state index in [4.69, 9.17) is 0 Å². The van der Waals surface area contributed by atoms with E-state index in [1.807, 2.05) is 38.1 Å². The fourth-order valence-electron chi connectivity index (χ4n) is 2.53. The topological polar surface area (TPSA) is 37.8 Å². The number of anilines is 1. The third-order valence-electron chi connectivity index (χ3n) is 3.85. The van der Waals surface area contributed by atoms with Crippen LogP contribution in [0.15, 0.2) is 48.5 Å². The fraction of sp³-hybridized carbons (Fsp3) is 0.263. The standard InChI is InChI=1S/C19H18F3N3/c1-12(2)17-24-16-9-4-3-8-15(16)18(25-17)23-11-13-6-5-7-14(10-13)19(20,21)22/h3-10,12H,11H2,1-2H3,(H,23,24,25). The van der Waals surface area contributed by atoms with Gasteiger partial charge in [-0.05, 0) is 29.8 Å². The van der Waals surface area contributed by atoms with Crippen molar-refractivity contribution in [2.75, 3.05) is 5.32 Å². The monoisotopic (exact) mass is 345 g/mol. The lowest BCUT2D eigenvalue weighted by molar-refractivity contribution is -0.137. The second kappa shape index (κ2) is 6.70. The minimum absolute atomic E-state index is 0.152. The first-order chi connectivity index (χ1) is 11.8. The van der Waals surface area contributed by atoms with Gasteiger partial charge < -0.3 is 5.32 Å². The molecule has 0 radical (unpaired) electrons. The lowest BCUT2D eigenvalue weighted by Crippen LogP contribution is -2.09. The predicted molar refractivity (Wildman–Crippen MR) is 92.4 cm³/mol. The van der Waals surface area contributed by atoms with Crippen LogP contribution in [0, 0.1) is 0 Å². The van der Waals surface area contributed by atoms with Crippen LogP contribution in [0.4, 0.5) is 19.0 Å². The van der Waals surface area contributed by atoms with Crippen molar-refractivity contribution < 1.29 is 13.2 Å². The van der Waals surface area contributed by atoms with Crippen LogP contribution in [0.5, 0.6) is 0 Å². The van der Waals surface area contributed by atoms with Crippen molar-refractivity contribution in [2.45, 2.75) is 32.5 Å². The average Bonchev–Trinajstić information content (AvgIpc) is 2.59. The van der Waals surface area contributed by atoms with Crippen LogP contribution < -0.4 is 5.32 Å². The van der Waals surface area contributed by atoms with Crippen molar-refractivity contribution in [1.29, 1.82) is 0 Å². The zero-order valence-corrected chi connectivity index (χ0v) is 13.9. The lowest BCUT2D eigenvalue weighted by atomic mass is 10.1. The Balaban J connectivity index is 1.91. The first kappa shape index (κ1) is 17.2. The maximum Gasteiger partial charge on any atom is 0.416 e. The Labute approximate surface area is 143 Å². The van der Waals surface area contributed by atoms with Crippen molar-refractivity contribution in [1.82, 2.24) is 9.97 Å². The molecular formula is C19H18F3N3. The normalized spacial score (nSPS) is 11.9. The van der Waals surface area contributed by atoms with Gasteiger partial charge in [0, 0.05) is 17.8 Å². The van der Waals surface area contributed by atoms with Gasteiger partial charge >= 0.3 is 6.18 Å². The summed E-state index contributed by atoms with van der Waals surface area (Å²) in [6.07, 6.45) is -4.34. The third kappa shape index (κ3) is 3.90. The van der Waals surface area contributed by atoms with Crippen molar-refractivity contribution in [2.24, 2.45) is 0 Å². The summed E-state index contributed by atoms with van der Waals surface area (Å²) in [6.45, 7) is 4.25. The number of fused-ring (bicyclic) bond motifs is 1. The lowest BCUT2D eigenvalue weighted by Gasteiger charge is -2.13. The molecule has 0 fully saturated rings. The number of nitrogens with zero attached hydrogens (tertiary/aromatic N) is 2. The van der Waals surface area contributed by atoms with Gasteiger partial charge in [-0.15, -0.1) is 0 Å². The largest absolute Gasteiger partial charge is 0.416 e. The Hall–Kier alpha value is -2.63. The van der Waals surface area contributed by atoms with Gasteiger partial charge in [-0.2, -0.15) is 13.2 Å². The quantitative estimate of drug-likeness (QED) is 0.689. The summed E-state index contributed by atoms with van der Waals surface area (Å²) in [7, 11) is 0. The SMILES string of the molecule is CC(C)c1nc(NCc2cccc(C(F)(F)F)c2)c2ccccc2n1. The second-order valence-corrected chi connectivity index (χ2v) is 6.15. The van der Waals surface area contributed by atoms with Gasteiger partial charge in [-0.3, -0.25) is 0 Å². The molecule has 25 heavy (non-hydrogen) atoms. The highest BCUT2D eigenvalue weighted by Crippen LogP contribution is 2.30. The fourth-order valence-corrected chi connectivity index (χ4v) is 2.53. The van der Waals surface area contributed by atoms with Crippen molar-refractivity contribution in [3.63, 3.8) is 0 Å². The highest BCUT2D eigenvalue weighted by atomic mass is 19.4. The van der Waals surface area contributed by atoms with Crippen LogP contribution in [0.1, 0.15) is 36.7 Å². The van der Waals surface area contributed by atoms with E-state index in [1.54, 1.807) is 6.07 Å². The summed E-state index contributed by atoms with van der Waals surface area (Å²) < 4.78 is 38.5. The molecule has 1 aromatic heterocycles. The van der Waals surface area contributed by atoms with Crippen LogP contribution >= 0.6 is 0 Å². The van der Waals surface area contributed by atoms with Gasteiger partial charge in [-0.25, -0.2) is 9.97 Å². The predicted octanol–water partition coefficient (Wildman–Crippen LogP) is 5.38. The molecule has 3 nitrogen and oxygen atoms in total. The number of alkyl halides is 3. The number of hydrogen-bond donors (Lipinski definition) is 1. The smallest absolute Gasteiger partial charge is 0.365 e. The van der Waals surface area contributed by atoms with E-state index in [9.17, 15) is 13.2 Å². The first-order valence-electron chi connectivity index (χ1n) is 8.01. The summed E-state index contributed by atoms with van der Waals surface area (Å²) >= 11 is 0. The molecule has 3 aromatic rings.